The molecule has 1 heterocycles. The number of hydrogen-bond donors (Lipinski definition) is 0. The third kappa shape index (κ3) is 5.32. The smallest absolute Gasteiger partial charge is 0.269 e. The number of aromatic nitrogens is 1. The van der Waals surface area contributed by atoms with Gasteiger partial charge in [-0.3, -0.25) is 14.6 Å². The van der Waals surface area contributed by atoms with E-state index in [1.807, 2.05) is 0 Å². The van der Waals surface area contributed by atoms with Gasteiger partial charge in [0.2, 0.25) is 5.78 Å². The number of benzene rings is 2. The zero-order valence-corrected chi connectivity index (χ0v) is 18.4. The molecular formula is C23H19BrF2N2O3. The zero-order chi connectivity index (χ0) is 22.5. The molecule has 0 radical (unpaired) electrons. The van der Waals surface area contributed by atoms with E-state index in [1.54, 1.807) is 41.8 Å². The Morgan fingerprint density at radius 1 is 1.16 bits per heavy atom. The average Bonchev–Trinajstić information content (AvgIpc) is 2.74. The summed E-state index contributed by atoms with van der Waals surface area (Å²) in [6.45, 7) is 1.91. The number of carbonyl (C=O) groups excluding carboxylic acids is 1. The van der Waals surface area contributed by atoms with E-state index < -0.39 is 11.6 Å². The highest BCUT2D eigenvalue weighted by Crippen LogP contribution is 2.24. The molecule has 2 aromatic carbocycles. The molecule has 0 aliphatic carbocycles. The molecule has 5 nitrogen and oxygen atoms in total. The molecule has 1 aromatic heterocycles. The van der Waals surface area contributed by atoms with Crippen LogP contribution in [0.15, 0.2) is 62.8 Å². The van der Waals surface area contributed by atoms with E-state index in [4.69, 9.17) is 4.74 Å². The molecule has 8 heteroatoms. The maximum Gasteiger partial charge on any atom is 0.269 e. The van der Waals surface area contributed by atoms with Gasteiger partial charge >= 0.3 is 0 Å². The van der Waals surface area contributed by atoms with Gasteiger partial charge in [0.25, 0.3) is 5.56 Å². The van der Waals surface area contributed by atoms with Crippen LogP contribution in [-0.4, -0.2) is 23.6 Å². The predicted molar refractivity (Wildman–Crippen MR) is 118 cm³/mol. The molecule has 0 spiro atoms. The fourth-order valence-corrected chi connectivity index (χ4v) is 3.40. The topological polar surface area (TPSA) is 60.7 Å². The predicted octanol–water partition coefficient (Wildman–Crippen LogP) is 4.71. The van der Waals surface area contributed by atoms with Crippen molar-refractivity contribution in [2.75, 3.05) is 7.05 Å². The highest BCUT2D eigenvalue weighted by atomic mass is 79.9. The lowest BCUT2D eigenvalue weighted by atomic mass is 10.1. The Balaban J connectivity index is 1.79. The average molecular weight is 489 g/mol. The van der Waals surface area contributed by atoms with Crippen molar-refractivity contribution < 1.29 is 18.3 Å². The minimum atomic E-state index is -0.715. The number of carbonyl (C=O) groups is 1. The number of rotatable bonds is 7. The minimum Gasteiger partial charge on any atom is -0.487 e. The van der Waals surface area contributed by atoms with Gasteiger partial charge in [0.1, 0.15) is 28.5 Å². The van der Waals surface area contributed by atoms with E-state index >= 15 is 0 Å². The number of hydrogen-bond acceptors (Lipinski definition) is 4. The number of aliphatic imine (C=N–C) groups is 1. The third-order valence-corrected chi connectivity index (χ3v) is 5.37. The quantitative estimate of drug-likeness (QED) is 0.357. The van der Waals surface area contributed by atoms with Crippen LogP contribution in [0.1, 0.15) is 27.2 Å². The fraction of sp³-hybridized carbons (Fsp3) is 0.174. The van der Waals surface area contributed by atoms with E-state index in [2.05, 4.69) is 20.9 Å². The fourth-order valence-electron chi connectivity index (χ4n) is 2.96. The molecule has 0 saturated carbocycles. The molecule has 0 unspecified atom stereocenters. The molecule has 0 saturated heterocycles. The molecule has 0 bridgehead atoms. The second-order valence-electron chi connectivity index (χ2n) is 6.83. The summed E-state index contributed by atoms with van der Waals surface area (Å²) in [5.74, 6) is -1.31. The molecule has 0 fully saturated rings. The molecule has 0 amide bonds. The van der Waals surface area contributed by atoms with Crippen molar-refractivity contribution in [2.45, 2.75) is 20.1 Å². The number of pyridine rings is 1. The van der Waals surface area contributed by atoms with E-state index in [9.17, 15) is 18.4 Å². The Bertz CT molecular complexity index is 1200. The zero-order valence-electron chi connectivity index (χ0n) is 16.9. The van der Waals surface area contributed by atoms with Gasteiger partial charge in [-0.15, -0.1) is 0 Å². The van der Waals surface area contributed by atoms with Gasteiger partial charge < -0.3 is 9.30 Å². The second-order valence-corrected chi connectivity index (χ2v) is 7.62. The first-order valence-electron chi connectivity index (χ1n) is 9.32. The summed E-state index contributed by atoms with van der Waals surface area (Å²) in [5.41, 5.74) is 1.85. The number of ether oxygens (including phenoxy) is 1. The first-order valence-corrected chi connectivity index (χ1v) is 10.1. The monoisotopic (exact) mass is 488 g/mol. The summed E-state index contributed by atoms with van der Waals surface area (Å²) in [6.07, 6.45) is 1.25. The van der Waals surface area contributed by atoms with Gasteiger partial charge in [0.15, 0.2) is 0 Å². The van der Waals surface area contributed by atoms with Gasteiger partial charge in [0.05, 0.1) is 12.8 Å². The molecule has 0 aliphatic rings. The van der Waals surface area contributed by atoms with Crippen LogP contribution >= 0.6 is 15.9 Å². The molecule has 31 heavy (non-hydrogen) atoms. The summed E-state index contributed by atoms with van der Waals surface area (Å²) in [4.78, 5) is 28.4. The third-order valence-electron chi connectivity index (χ3n) is 4.64. The highest BCUT2D eigenvalue weighted by molar-refractivity contribution is 9.10. The normalized spacial score (nSPS) is 11.1. The van der Waals surface area contributed by atoms with Crippen molar-refractivity contribution in [2.24, 2.45) is 4.99 Å². The molecule has 0 N–H and O–H groups in total. The van der Waals surface area contributed by atoms with Crippen LogP contribution < -0.4 is 10.3 Å². The van der Waals surface area contributed by atoms with Gasteiger partial charge in [-0.05, 0) is 40.5 Å². The number of ketones is 1. The molecule has 0 aliphatic heterocycles. The SMILES string of the molecule is CN=CC(=O)c1ccc(Cn2c(C)cc(OCc3ccc(F)cc3F)c(Br)c2=O)cc1. The van der Waals surface area contributed by atoms with E-state index in [-0.39, 0.29) is 33.7 Å². The Morgan fingerprint density at radius 2 is 1.87 bits per heavy atom. The summed E-state index contributed by atoms with van der Waals surface area (Å²) in [7, 11) is 1.53. The molecule has 0 atom stereocenters. The molecule has 3 rings (SSSR count). The van der Waals surface area contributed by atoms with Crippen LogP contribution in [0.2, 0.25) is 0 Å². The van der Waals surface area contributed by atoms with Crippen molar-refractivity contribution in [3.05, 3.63) is 97.4 Å². The molecule has 3 aromatic rings. The molecular weight excluding hydrogens is 470 g/mol. The van der Waals surface area contributed by atoms with E-state index in [0.717, 1.165) is 17.7 Å². The van der Waals surface area contributed by atoms with Gasteiger partial charge in [-0.25, -0.2) is 8.78 Å². The lowest BCUT2D eigenvalue weighted by molar-refractivity contribution is 0.107. The Morgan fingerprint density at radius 3 is 2.52 bits per heavy atom. The second kappa shape index (κ2) is 9.78. The Hall–Kier alpha value is -3.13. The maximum absolute atomic E-state index is 13.8. The van der Waals surface area contributed by atoms with Crippen LogP contribution in [-0.2, 0) is 13.2 Å². The van der Waals surface area contributed by atoms with Crippen molar-refractivity contribution in [1.82, 2.24) is 4.57 Å². The Kier molecular flexibility index (Phi) is 7.12. The number of Topliss-reactive ketones (excluding diaryl/α,β-unsaturated/α-hetero) is 1. The summed E-state index contributed by atoms with van der Waals surface area (Å²) in [6, 6.07) is 11.8. The van der Waals surface area contributed by atoms with Crippen molar-refractivity contribution in [3.8, 4) is 5.75 Å². The van der Waals surface area contributed by atoms with Gasteiger partial charge in [0, 0.05) is 36.0 Å². The first kappa shape index (κ1) is 22.6. The van der Waals surface area contributed by atoms with Crippen LogP contribution in [0.4, 0.5) is 8.78 Å². The first-order chi connectivity index (χ1) is 14.8. The van der Waals surface area contributed by atoms with Crippen LogP contribution in [0.5, 0.6) is 5.75 Å². The molecule has 160 valence electrons. The minimum absolute atomic E-state index is 0.149. The van der Waals surface area contributed by atoms with Gasteiger partial charge in [-0.1, -0.05) is 24.3 Å². The lowest BCUT2D eigenvalue weighted by Crippen LogP contribution is -2.24. The summed E-state index contributed by atoms with van der Waals surface area (Å²) in [5, 5.41) is 0. The van der Waals surface area contributed by atoms with Crippen LogP contribution in [0, 0.1) is 18.6 Å². The summed E-state index contributed by atoms with van der Waals surface area (Å²) >= 11 is 3.26. The van der Waals surface area contributed by atoms with E-state index in [0.29, 0.717) is 17.8 Å². The van der Waals surface area contributed by atoms with Gasteiger partial charge in [-0.2, -0.15) is 0 Å². The number of aryl methyl sites for hydroxylation is 1. The van der Waals surface area contributed by atoms with Crippen molar-refractivity contribution >= 4 is 27.9 Å². The van der Waals surface area contributed by atoms with Crippen molar-refractivity contribution in [3.63, 3.8) is 0 Å². The lowest BCUT2D eigenvalue weighted by Gasteiger charge is -2.15. The standard InChI is InChI=1S/C23H19BrF2N2O3/c1-14-9-21(31-13-17-7-8-18(25)10-19(17)26)22(24)23(30)28(14)12-15-3-5-16(6-4-15)20(29)11-27-2/h3-11H,12-13H2,1-2H3. The van der Waals surface area contributed by atoms with Crippen LogP contribution in [0.3, 0.4) is 0 Å². The van der Waals surface area contributed by atoms with E-state index in [1.165, 1.54) is 19.3 Å². The Labute approximate surface area is 186 Å². The summed E-state index contributed by atoms with van der Waals surface area (Å²) < 4.78 is 34.2. The maximum atomic E-state index is 13.8. The highest BCUT2D eigenvalue weighted by Gasteiger charge is 2.14. The van der Waals surface area contributed by atoms with Crippen LogP contribution in [0.25, 0.3) is 0 Å². The number of nitrogens with zero attached hydrogens (tertiary/aromatic N) is 2. The number of halogens is 3. The van der Waals surface area contributed by atoms with Crippen molar-refractivity contribution in [1.29, 1.82) is 0 Å². The largest absolute Gasteiger partial charge is 0.487 e.